The maximum Gasteiger partial charge on any atom is 0.251 e. The minimum Gasteiger partial charge on any atom is -0.487 e. The Morgan fingerprint density at radius 1 is 1.23 bits per heavy atom. The van der Waals surface area contributed by atoms with Crippen molar-refractivity contribution in [1.29, 1.82) is 0 Å². The van der Waals surface area contributed by atoms with Gasteiger partial charge in [0.1, 0.15) is 17.2 Å². The van der Waals surface area contributed by atoms with Crippen LogP contribution >= 0.6 is 0 Å². The van der Waals surface area contributed by atoms with Crippen molar-refractivity contribution in [3.63, 3.8) is 0 Å². The van der Waals surface area contributed by atoms with Crippen molar-refractivity contribution in [3.8, 4) is 5.75 Å². The van der Waals surface area contributed by atoms with Gasteiger partial charge < -0.3 is 15.8 Å². The number of benzene rings is 2. The molecule has 0 aliphatic carbocycles. The van der Waals surface area contributed by atoms with Crippen molar-refractivity contribution in [1.82, 2.24) is 10.2 Å². The third kappa shape index (κ3) is 5.16. The number of carbonyl (C=O) groups is 2. The standard InChI is InChI=1S/C27H33FN4O3/c1-5-27(6-2)15-23(33)32(25(29)31-27)16-17-11-18(13-19(28)12-17)24(34)30-21-14-26(3,4)35-22-10-8-7-9-20(21)22/h7-13,21H,5-6,14-16H2,1-4H3,(H2,29,31)(H,30,34)/t21-/m0/s1. The van der Waals surface area contributed by atoms with Crippen molar-refractivity contribution < 1.29 is 18.7 Å². The summed E-state index contributed by atoms with van der Waals surface area (Å²) in [6.07, 6.45) is 2.24. The molecule has 186 valence electrons. The van der Waals surface area contributed by atoms with Gasteiger partial charge >= 0.3 is 0 Å². The number of rotatable bonds is 6. The van der Waals surface area contributed by atoms with Gasteiger partial charge in [-0.3, -0.25) is 14.5 Å². The van der Waals surface area contributed by atoms with Gasteiger partial charge in [-0.15, -0.1) is 0 Å². The molecule has 2 aromatic carbocycles. The molecule has 8 heteroatoms. The number of hydrogen-bond donors (Lipinski definition) is 2. The van der Waals surface area contributed by atoms with Gasteiger partial charge in [0.2, 0.25) is 5.91 Å². The normalized spacial score (nSPS) is 20.5. The minimum absolute atomic E-state index is 0.0445. The van der Waals surface area contributed by atoms with Crippen LogP contribution in [0.2, 0.25) is 0 Å². The second-order valence-electron chi connectivity index (χ2n) is 10.0. The van der Waals surface area contributed by atoms with Crippen LogP contribution < -0.4 is 15.8 Å². The highest BCUT2D eigenvalue weighted by molar-refractivity contribution is 5.99. The summed E-state index contributed by atoms with van der Waals surface area (Å²) >= 11 is 0. The molecule has 2 aromatic rings. The number of nitrogens with one attached hydrogen (secondary N) is 1. The van der Waals surface area contributed by atoms with Crippen LogP contribution in [0.1, 0.15) is 80.9 Å². The van der Waals surface area contributed by atoms with Gasteiger partial charge in [-0.2, -0.15) is 0 Å². The lowest BCUT2D eigenvalue weighted by atomic mass is 9.88. The number of para-hydroxylation sites is 1. The van der Waals surface area contributed by atoms with E-state index in [-0.39, 0.29) is 36.4 Å². The molecule has 0 spiro atoms. The van der Waals surface area contributed by atoms with Crippen LogP contribution in [0.25, 0.3) is 0 Å². The quantitative estimate of drug-likeness (QED) is 0.638. The Morgan fingerprint density at radius 2 is 1.94 bits per heavy atom. The lowest BCUT2D eigenvalue weighted by Gasteiger charge is -2.38. The van der Waals surface area contributed by atoms with Crippen molar-refractivity contribution in [2.24, 2.45) is 10.7 Å². The molecule has 0 bridgehead atoms. The summed E-state index contributed by atoms with van der Waals surface area (Å²) in [5, 5.41) is 3.03. The molecule has 2 aliphatic rings. The Morgan fingerprint density at radius 3 is 2.63 bits per heavy atom. The second-order valence-corrected chi connectivity index (χ2v) is 10.0. The zero-order valence-electron chi connectivity index (χ0n) is 20.7. The lowest BCUT2D eigenvalue weighted by Crippen LogP contribution is -2.50. The van der Waals surface area contributed by atoms with Crippen LogP contribution in [0.3, 0.4) is 0 Å². The molecule has 2 heterocycles. The zero-order chi connectivity index (χ0) is 25.4. The SMILES string of the molecule is CCC1(CC)CC(=O)N(Cc2cc(F)cc(C(=O)N[C@H]3CC(C)(C)Oc4ccccc43)c2)C(N)=N1. The van der Waals surface area contributed by atoms with Crippen LogP contribution in [0.4, 0.5) is 4.39 Å². The summed E-state index contributed by atoms with van der Waals surface area (Å²) in [4.78, 5) is 32.0. The molecule has 1 atom stereocenters. The summed E-state index contributed by atoms with van der Waals surface area (Å²) in [6, 6.07) is 11.4. The number of carbonyl (C=O) groups excluding carboxylic acids is 2. The molecule has 0 aromatic heterocycles. The average Bonchev–Trinajstić information content (AvgIpc) is 2.80. The molecule has 35 heavy (non-hydrogen) atoms. The fraction of sp³-hybridized carbons (Fsp3) is 0.444. The number of nitrogens with zero attached hydrogens (tertiary/aromatic N) is 2. The van der Waals surface area contributed by atoms with E-state index in [0.717, 1.165) is 11.3 Å². The second kappa shape index (κ2) is 9.32. The van der Waals surface area contributed by atoms with Gasteiger partial charge in [-0.25, -0.2) is 9.38 Å². The van der Waals surface area contributed by atoms with Crippen LogP contribution in [-0.4, -0.2) is 33.8 Å². The summed E-state index contributed by atoms with van der Waals surface area (Å²) in [6.45, 7) is 7.95. The number of hydrogen-bond acceptors (Lipinski definition) is 5. The Bertz CT molecular complexity index is 1170. The molecule has 0 unspecified atom stereocenters. The average molecular weight is 481 g/mol. The van der Waals surface area contributed by atoms with E-state index in [0.29, 0.717) is 24.8 Å². The van der Waals surface area contributed by atoms with Crippen molar-refractivity contribution in [3.05, 3.63) is 65.0 Å². The predicted molar refractivity (Wildman–Crippen MR) is 132 cm³/mol. The van der Waals surface area contributed by atoms with Crippen LogP contribution in [0.15, 0.2) is 47.5 Å². The molecule has 2 aliphatic heterocycles. The molecule has 2 amide bonds. The van der Waals surface area contributed by atoms with E-state index in [2.05, 4.69) is 10.3 Å². The lowest BCUT2D eigenvalue weighted by molar-refractivity contribution is -0.130. The maximum atomic E-state index is 14.5. The molecular weight excluding hydrogens is 447 g/mol. The van der Waals surface area contributed by atoms with Crippen LogP contribution in [-0.2, 0) is 11.3 Å². The van der Waals surface area contributed by atoms with Gasteiger partial charge in [0.15, 0.2) is 5.96 Å². The van der Waals surface area contributed by atoms with E-state index in [1.54, 1.807) is 6.07 Å². The molecule has 0 saturated heterocycles. The van der Waals surface area contributed by atoms with E-state index in [1.807, 2.05) is 52.0 Å². The van der Waals surface area contributed by atoms with Gasteiger partial charge in [0.05, 0.1) is 24.5 Å². The van der Waals surface area contributed by atoms with E-state index in [1.165, 1.54) is 17.0 Å². The Labute approximate surface area is 205 Å². The van der Waals surface area contributed by atoms with Crippen molar-refractivity contribution in [2.75, 3.05) is 0 Å². The monoisotopic (exact) mass is 480 g/mol. The van der Waals surface area contributed by atoms with Crippen molar-refractivity contribution in [2.45, 2.75) is 77.1 Å². The number of ether oxygens (including phenoxy) is 1. The third-order valence-corrected chi connectivity index (χ3v) is 6.97. The summed E-state index contributed by atoms with van der Waals surface area (Å²) in [5.74, 6) is -0.260. The van der Waals surface area contributed by atoms with Crippen LogP contribution in [0, 0.1) is 5.82 Å². The third-order valence-electron chi connectivity index (χ3n) is 6.97. The number of fused-ring (bicyclic) bond motifs is 1. The number of nitrogens with two attached hydrogens (primary N) is 1. The fourth-order valence-corrected chi connectivity index (χ4v) is 4.90. The first-order chi connectivity index (χ1) is 16.5. The van der Waals surface area contributed by atoms with E-state index < -0.39 is 22.9 Å². The van der Waals surface area contributed by atoms with E-state index in [9.17, 15) is 14.0 Å². The number of aliphatic imine (C=N–C) groups is 1. The number of halogens is 1. The first kappa shape index (κ1) is 24.7. The Hall–Kier alpha value is -3.42. The Kier molecular flexibility index (Phi) is 6.58. The number of amides is 2. The van der Waals surface area contributed by atoms with Crippen molar-refractivity contribution >= 4 is 17.8 Å². The van der Waals surface area contributed by atoms with E-state index in [4.69, 9.17) is 10.5 Å². The summed E-state index contributed by atoms with van der Waals surface area (Å²) in [7, 11) is 0. The smallest absolute Gasteiger partial charge is 0.251 e. The first-order valence-electron chi connectivity index (χ1n) is 12.1. The minimum atomic E-state index is -0.559. The largest absolute Gasteiger partial charge is 0.487 e. The molecule has 7 nitrogen and oxygen atoms in total. The van der Waals surface area contributed by atoms with Gasteiger partial charge in [-0.1, -0.05) is 32.0 Å². The summed E-state index contributed by atoms with van der Waals surface area (Å²) < 4.78 is 20.6. The first-order valence-corrected chi connectivity index (χ1v) is 12.1. The highest BCUT2D eigenvalue weighted by Gasteiger charge is 2.37. The van der Waals surface area contributed by atoms with Gasteiger partial charge in [0, 0.05) is 17.5 Å². The zero-order valence-corrected chi connectivity index (χ0v) is 20.7. The predicted octanol–water partition coefficient (Wildman–Crippen LogP) is 4.46. The van der Waals surface area contributed by atoms with Gasteiger partial charge in [-0.05, 0) is 56.5 Å². The molecule has 3 N–H and O–H groups in total. The molecule has 0 saturated carbocycles. The topological polar surface area (TPSA) is 97.0 Å². The van der Waals surface area contributed by atoms with E-state index >= 15 is 0 Å². The fourth-order valence-electron chi connectivity index (χ4n) is 4.90. The highest BCUT2D eigenvalue weighted by Crippen LogP contribution is 2.39. The maximum absolute atomic E-state index is 14.5. The summed E-state index contributed by atoms with van der Waals surface area (Å²) in [5.41, 5.74) is 6.73. The number of guanidine groups is 1. The highest BCUT2D eigenvalue weighted by atomic mass is 19.1. The van der Waals surface area contributed by atoms with Crippen LogP contribution in [0.5, 0.6) is 5.75 Å². The molecule has 4 rings (SSSR count). The Balaban J connectivity index is 1.55. The molecule has 0 fully saturated rings. The molecule has 0 radical (unpaired) electrons. The van der Waals surface area contributed by atoms with Gasteiger partial charge in [0.25, 0.3) is 5.91 Å². The molecular formula is C27H33FN4O3.